The first kappa shape index (κ1) is 14.5. The van der Waals surface area contributed by atoms with Crippen molar-refractivity contribution >= 4 is 0 Å². The van der Waals surface area contributed by atoms with Gasteiger partial charge in [0, 0.05) is 24.6 Å². The first-order valence-corrected chi connectivity index (χ1v) is 7.19. The summed E-state index contributed by atoms with van der Waals surface area (Å²) in [5.74, 6) is 2.23. The van der Waals surface area contributed by atoms with Crippen LogP contribution in [-0.2, 0) is 13.1 Å². The average molecular weight is 297 g/mol. The Morgan fingerprint density at radius 1 is 1.23 bits per heavy atom. The minimum absolute atomic E-state index is 0.618. The number of rotatable bonds is 5. The van der Waals surface area contributed by atoms with Gasteiger partial charge in [-0.05, 0) is 50.7 Å². The van der Waals surface area contributed by atoms with E-state index in [1.807, 2.05) is 38.5 Å². The third-order valence-corrected chi connectivity index (χ3v) is 3.39. The van der Waals surface area contributed by atoms with E-state index in [1.165, 1.54) is 5.56 Å². The molecule has 6 heteroatoms. The van der Waals surface area contributed by atoms with Crippen LogP contribution in [0.15, 0.2) is 41.2 Å². The molecule has 0 bridgehead atoms. The van der Waals surface area contributed by atoms with E-state index in [-0.39, 0.29) is 0 Å². The molecule has 0 aliphatic heterocycles. The van der Waals surface area contributed by atoms with Gasteiger partial charge in [-0.25, -0.2) is 4.98 Å². The van der Waals surface area contributed by atoms with Crippen molar-refractivity contribution in [3.63, 3.8) is 0 Å². The van der Waals surface area contributed by atoms with Gasteiger partial charge in [0.15, 0.2) is 5.82 Å². The molecule has 3 aromatic rings. The van der Waals surface area contributed by atoms with E-state index < -0.39 is 0 Å². The molecule has 0 radical (unpaired) electrons. The molecular formula is C16H19N5O. The SMILES string of the molecule is Cc1ccnc(-n2cccc2CN(C)Cc2nc(C)no2)c1. The fraction of sp³-hybridized carbons (Fsp3) is 0.312. The van der Waals surface area contributed by atoms with Gasteiger partial charge in [-0.3, -0.25) is 4.90 Å². The number of aryl methyl sites for hydroxylation is 2. The molecule has 0 saturated carbocycles. The van der Waals surface area contributed by atoms with E-state index in [0.717, 1.165) is 18.1 Å². The highest BCUT2D eigenvalue weighted by atomic mass is 16.5. The highest BCUT2D eigenvalue weighted by Crippen LogP contribution is 2.14. The van der Waals surface area contributed by atoms with Gasteiger partial charge in [0.25, 0.3) is 0 Å². The van der Waals surface area contributed by atoms with E-state index in [4.69, 9.17) is 4.52 Å². The third-order valence-electron chi connectivity index (χ3n) is 3.39. The quantitative estimate of drug-likeness (QED) is 0.724. The molecule has 0 fully saturated rings. The second-order valence-electron chi connectivity index (χ2n) is 5.47. The van der Waals surface area contributed by atoms with Crippen molar-refractivity contribution in [2.24, 2.45) is 0 Å². The van der Waals surface area contributed by atoms with Gasteiger partial charge in [0.05, 0.1) is 6.54 Å². The highest BCUT2D eigenvalue weighted by Gasteiger charge is 2.11. The van der Waals surface area contributed by atoms with Crippen LogP contribution in [0, 0.1) is 13.8 Å². The zero-order valence-electron chi connectivity index (χ0n) is 13.0. The van der Waals surface area contributed by atoms with Crippen LogP contribution < -0.4 is 0 Å². The minimum Gasteiger partial charge on any atom is -0.338 e. The van der Waals surface area contributed by atoms with Gasteiger partial charge >= 0.3 is 0 Å². The number of hydrogen-bond donors (Lipinski definition) is 0. The molecule has 0 aliphatic carbocycles. The molecule has 0 atom stereocenters. The zero-order chi connectivity index (χ0) is 15.5. The Labute approximate surface area is 129 Å². The third kappa shape index (κ3) is 3.23. The van der Waals surface area contributed by atoms with Gasteiger partial charge in [-0.2, -0.15) is 4.98 Å². The summed E-state index contributed by atoms with van der Waals surface area (Å²) in [4.78, 5) is 10.8. The second-order valence-corrected chi connectivity index (χ2v) is 5.47. The van der Waals surface area contributed by atoms with Crippen LogP contribution in [0.4, 0.5) is 0 Å². The minimum atomic E-state index is 0.618. The van der Waals surface area contributed by atoms with E-state index >= 15 is 0 Å². The van der Waals surface area contributed by atoms with Gasteiger partial charge < -0.3 is 9.09 Å². The topological polar surface area (TPSA) is 60.0 Å². The van der Waals surface area contributed by atoms with Crippen molar-refractivity contribution in [2.45, 2.75) is 26.9 Å². The van der Waals surface area contributed by atoms with Gasteiger partial charge in [0.2, 0.25) is 5.89 Å². The summed E-state index contributed by atoms with van der Waals surface area (Å²) in [6.07, 6.45) is 3.86. The Kier molecular flexibility index (Phi) is 4.02. The van der Waals surface area contributed by atoms with Crippen LogP contribution in [0.5, 0.6) is 0 Å². The molecule has 3 rings (SSSR count). The van der Waals surface area contributed by atoms with Crippen molar-refractivity contribution in [1.29, 1.82) is 0 Å². The molecule has 22 heavy (non-hydrogen) atoms. The van der Waals surface area contributed by atoms with Crippen LogP contribution in [0.25, 0.3) is 5.82 Å². The van der Waals surface area contributed by atoms with Crippen LogP contribution in [0.3, 0.4) is 0 Å². The Balaban J connectivity index is 1.74. The molecular weight excluding hydrogens is 278 g/mol. The summed E-state index contributed by atoms with van der Waals surface area (Å²) < 4.78 is 7.26. The van der Waals surface area contributed by atoms with Crippen LogP contribution in [-0.4, -0.2) is 31.6 Å². The van der Waals surface area contributed by atoms with Crippen molar-refractivity contribution in [1.82, 2.24) is 24.6 Å². The van der Waals surface area contributed by atoms with Gasteiger partial charge in [-0.15, -0.1) is 0 Å². The summed E-state index contributed by atoms with van der Waals surface area (Å²) in [6.45, 7) is 5.28. The Bertz CT molecular complexity index is 761. The van der Waals surface area contributed by atoms with Crippen molar-refractivity contribution < 1.29 is 4.52 Å². The molecule has 0 spiro atoms. The second kappa shape index (κ2) is 6.11. The Morgan fingerprint density at radius 3 is 2.82 bits per heavy atom. The number of aromatic nitrogens is 4. The normalized spacial score (nSPS) is 11.3. The van der Waals surface area contributed by atoms with Crippen LogP contribution in [0.2, 0.25) is 0 Å². The lowest BCUT2D eigenvalue weighted by Gasteiger charge is -2.16. The molecule has 3 aromatic heterocycles. The van der Waals surface area contributed by atoms with Gasteiger partial charge in [0.1, 0.15) is 5.82 Å². The molecule has 0 amide bonds. The first-order valence-electron chi connectivity index (χ1n) is 7.19. The lowest BCUT2D eigenvalue weighted by Crippen LogP contribution is -2.19. The maximum absolute atomic E-state index is 5.16. The maximum Gasteiger partial charge on any atom is 0.240 e. The summed E-state index contributed by atoms with van der Waals surface area (Å²) in [5, 5.41) is 3.81. The van der Waals surface area contributed by atoms with Crippen molar-refractivity contribution in [3.05, 3.63) is 59.6 Å². The smallest absolute Gasteiger partial charge is 0.240 e. The molecule has 6 nitrogen and oxygen atoms in total. The summed E-state index contributed by atoms with van der Waals surface area (Å²) in [5.41, 5.74) is 2.36. The monoisotopic (exact) mass is 297 g/mol. The number of pyridine rings is 1. The first-order chi connectivity index (χ1) is 10.6. The molecule has 114 valence electrons. The van der Waals surface area contributed by atoms with Crippen LogP contribution in [0.1, 0.15) is 23.0 Å². The van der Waals surface area contributed by atoms with Crippen LogP contribution >= 0.6 is 0 Å². The predicted octanol–water partition coefficient (Wildman–Crippen LogP) is 2.50. The fourth-order valence-corrected chi connectivity index (χ4v) is 2.39. The zero-order valence-corrected chi connectivity index (χ0v) is 13.0. The molecule has 0 saturated heterocycles. The lowest BCUT2D eigenvalue weighted by atomic mass is 10.3. The number of nitrogens with zero attached hydrogens (tertiary/aromatic N) is 5. The molecule has 3 heterocycles. The van der Waals surface area contributed by atoms with Crippen molar-refractivity contribution in [2.75, 3.05) is 7.05 Å². The largest absolute Gasteiger partial charge is 0.338 e. The van der Waals surface area contributed by atoms with Crippen molar-refractivity contribution in [3.8, 4) is 5.82 Å². The lowest BCUT2D eigenvalue weighted by molar-refractivity contribution is 0.257. The van der Waals surface area contributed by atoms with E-state index in [9.17, 15) is 0 Å². The Morgan fingerprint density at radius 2 is 2.09 bits per heavy atom. The maximum atomic E-state index is 5.16. The summed E-state index contributed by atoms with van der Waals surface area (Å²) >= 11 is 0. The number of hydrogen-bond acceptors (Lipinski definition) is 5. The molecule has 0 N–H and O–H groups in total. The Hall–Kier alpha value is -2.47. The summed E-state index contributed by atoms with van der Waals surface area (Å²) in [7, 11) is 2.03. The highest BCUT2D eigenvalue weighted by molar-refractivity contribution is 5.30. The molecule has 0 aliphatic rings. The predicted molar refractivity (Wildman–Crippen MR) is 82.5 cm³/mol. The molecule has 0 unspecified atom stereocenters. The van der Waals surface area contributed by atoms with E-state index in [0.29, 0.717) is 18.3 Å². The fourth-order valence-electron chi connectivity index (χ4n) is 2.39. The van der Waals surface area contributed by atoms with E-state index in [1.54, 1.807) is 0 Å². The summed E-state index contributed by atoms with van der Waals surface area (Å²) in [6, 6.07) is 8.20. The van der Waals surface area contributed by atoms with E-state index in [2.05, 4.69) is 43.6 Å². The average Bonchev–Trinajstić information content (AvgIpc) is 3.08. The molecule has 0 aromatic carbocycles. The van der Waals surface area contributed by atoms with Gasteiger partial charge in [-0.1, -0.05) is 5.16 Å². The standard InChI is InChI=1S/C16H19N5O/c1-12-6-7-17-15(9-12)21-8-4-5-14(21)10-20(3)11-16-18-13(2)19-22-16/h4-9H,10-11H2,1-3H3.